The van der Waals surface area contributed by atoms with Crippen LogP contribution in [0.4, 0.5) is 8.78 Å². The van der Waals surface area contributed by atoms with Crippen LogP contribution in [0.5, 0.6) is 0 Å². The molecule has 2 rings (SSSR count). The number of hydrogen-bond acceptors (Lipinski definition) is 2. The molecule has 102 valence electrons. The molecule has 0 amide bonds. The van der Waals surface area contributed by atoms with E-state index in [1.807, 2.05) is 6.07 Å². The summed E-state index contributed by atoms with van der Waals surface area (Å²) in [6.45, 7) is 0.849. The van der Waals surface area contributed by atoms with Crippen molar-refractivity contribution in [3.05, 3.63) is 46.3 Å². The third kappa shape index (κ3) is 3.66. The third-order valence-electron chi connectivity index (χ3n) is 3.37. The summed E-state index contributed by atoms with van der Waals surface area (Å²) in [5.41, 5.74) is 8.92. The molecule has 0 N–H and O–H groups in total. The van der Waals surface area contributed by atoms with E-state index in [4.69, 9.17) is 5.53 Å². The number of piperidine rings is 1. The molecular formula is C13H16F2N4. The molecule has 1 heterocycles. The molecular weight excluding hydrogens is 250 g/mol. The predicted molar refractivity (Wildman–Crippen MR) is 69.2 cm³/mol. The Kier molecular flexibility index (Phi) is 4.71. The van der Waals surface area contributed by atoms with Crippen LogP contribution in [0, 0.1) is 0 Å². The van der Waals surface area contributed by atoms with Crippen molar-refractivity contribution in [2.24, 2.45) is 5.11 Å². The van der Waals surface area contributed by atoms with Crippen LogP contribution < -0.4 is 0 Å². The van der Waals surface area contributed by atoms with Gasteiger partial charge in [0.05, 0.1) is 6.04 Å². The van der Waals surface area contributed by atoms with Gasteiger partial charge in [-0.15, -0.1) is 0 Å². The van der Waals surface area contributed by atoms with E-state index in [2.05, 4.69) is 10.0 Å². The standard InChI is InChI=1S/C13H16F2N4/c14-11(10-4-2-1-3-5-10)8-19-7-6-13(17-18-16)12(15)9-19/h1-5,11-13H,6-9H2/t11?,12-,13-/m1/s1. The number of nitrogens with zero attached hydrogens (tertiary/aromatic N) is 4. The number of hydrogen-bond donors (Lipinski definition) is 0. The Morgan fingerprint density at radius 1 is 1.42 bits per heavy atom. The summed E-state index contributed by atoms with van der Waals surface area (Å²) in [7, 11) is 0. The first-order valence-electron chi connectivity index (χ1n) is 6.30. The van der Waals surface area contributed by atoms with Gasteiger partial charge in [-0.25, -0.2) is 8.78 Å². The van der Waals surface area contributed by atoms with E-state index >= 15 is 0 Å². The average molecular weight is 266 g/mol. The molecule has 1 aromatic rings. The lowest BCUT2D eigenvalue weighted by molar-refractivity contribution is 0.0955. The summed E-state index contributed by atoms with van der Waals surface area (Å²) in [6.07, 6.45) is -1.90. The SMILES string of the molecule is [N-]=[N+]=N[C@@H]1CCN(CC(F)c2ccccc2)C[C@H]1F. The Labute approximate surface area is 110 Å². The minimum absolute atomic E-state index is 0.122. The number of alkyl halides is 2. The zero-order chi connectivity index (χ0) is 13.7. The van der Waals surface area contributed by atoms with Gasteiger partial charge in [0.25, 0.3) is 0 Å². The first-order valence-corrected chi connectivity index (χ1v) is 6.30. The zero-order valence-electron chi connectivity index (χ0n) is 10.5. The lowest BCUT2D eigenvalue weighted by Crippen LogP contribution is -2.44. The number of halogens is 2. The minimum Gasteiger partial charge on any atom is -0.297 e. The molecule has 3 atom stereocenters. The van der Waals surface area contributed by atoms with Gasteiger partial charge in [0.2, 0.25) is 0 Å². The summed E-state index contributed by atoms with van der Waals surface area (Å²) >= 11 is 0. The quantitative estimate of drug-likeness (QED) is 0.468. The molecule has 6 heteroatoms. The summed E-state index contributed by atoms with van der Waals surface area (Å²) in [5, 5.41) is 3.42. The van der Waals surface area contributed by atoms with Crippen LogP contribution in [0.25, 0.3) is 10.4 Å². The van der Waals surface area contributed by atoms with E-state index in [9.17, 15) is 8.78 Å². The van der Waals surface area contributed by atoms with Gasteiger partial charge < -0.3 is 0 Å². The van der Waals surface area contributed by atoms with Gasteiger partial charge in [-0.05, 0) is 24.1 Å². The van der Waals surface area contributed by atoms with Crippen LogP contribution in [0.3, 0.4) is 0 Å². The maximum Gasteiger partial charge on any atom is 0.138 e. The fourth-order valence-electron chi connectivity index (χ4n) is 2.31. The molecule has 1 aliphatic heterocycles. The third-order valence-corrected chi connectivity index (χ3v) is 3.37. The van der Waals surface area contributed by atoms with Gasteiger partial charge in [0.15, 0.2) is 0 Å². The van der Waals surface area contributed by atoms with Crippen LogP contribution in [0.2, 0.25) is 0 Å². The van der Waals surface area contributed by atoms with Crippen molar-refractivity contribution in [3.8, 4) is 0 Å². The molecule has 0 spiro atoms. The lowest BCUT2D eigenvalue weighted by Gasteiger charge is -2.33. The molecule has 0 bridgehead atoms. The summed E-state index contributed by atoms with van der Waals surface area (Å²) in [5.74, 6) is 0. The highest BCUT2D eigenvalue weighted by atomic mass is 19.1. The van der Waals surface area contributed by atoms with Crippen molar-refractivity contribution < 1.29 is 8.78 Å². The van der Waals surface area contributed by atoms with Crippen LogP contribution in [0.1, 0.15) is 18.2 Å². The van der Waals surface area contributed by atoms with Crippen molar-refractivity contribution >= 4 is 0 Å². The van der Waals surface area contributed by atoms with E-state index in [1.165, 1.54) is 0 Å². The smallest absolute Gasteiger partial charge is 0.138 e. The van der Waals surface area contributed by atoms with Crippen molar-refractivity contribution in [3.63, 3.8) is 0 Å². The monoisotopic (exact) mass is 266 g/mol. The lowest BCUT2D eigenvalue weighted by atomic mass is 10.0. The molecule has 1 fully saturated rings. The van der Waals surface area contributed by atoms with Crippen molar-refractivity contribution in [2.45, 2.75) is 24.8 Å². The highest BCUT2D eigenvalue weighted by Crippen LogP contribution is 2.23. The zero-order valence-corrected chi connectivity index (χ0v) is 10.5. The highest BCUT2D eigenvalue weighted by Gasteiger charge is 2.29. The average Bonchev–Trinajstić information content (AvgIpc) is 2.43. The Hall–Kier alpha value is -1.65. The fraction of sp³-hybridized carbons (Fsp3) is 0.538. The summed E-state index contributed by atoms with van der Waals surface area (Å²) < 4.78 is 27.8. The Morgan fingerprint density at radius 3 is 2.79 bits per heavy atom. The van der Waals surface area contributed by atoms with Crippen LogP contribution in [0.15, 0.2) is 35.4 Å². The van der Waals surface area contributed by atoms with Gasteiger partial charge in [0, 0.05) is 18.0 Å². The first kappa shape index (κ1) is 13.8. The molecule has 0 aliphatic carbocycles. The maximum absolute atomic E-state index is 14.0. The van der Waals surface area contributed by atoms with E-state index in [0.29, 0.717) is 18.5 Å². The van der Waals surface area contributed by atoms with E-state index in [1.54, 1.807) is 29.2 Å². The fourth-order valence-corrected chi connectivity index (χ4v) is 2.31. The van der Waals surface area contributed by atoms with Crippen LogP contribution in [-0.2, 0) is 0 Å². The summed E-state index contributed by atoms with van der Waals surface area (Å²) in [6, 6.07) is 8.24. The van der Waals surface area contributed by atoms with Gasteiger partial charge in [-0.2, -0.15) is 0 Å². The molecule has 1 saturated heterocycles. The second-order valence-electron chi connectivity index (χ2n) is 4.71. The van der Waals surface area contributed by atoms with Gasteiger partial charge >= 0.3 is 0 Å². The van der Waals surface area contributed by atoms with Crippen molar-refractivity contribution in [1.29, 1.82) is 0 Å². The number of azide groups is 1. The van der Waals surface area contributed by atoms with Crippen LogP contribution >= 0.6 is 0 Å². The second kappa shape index (κ2) is 6.50. The Balaban J connectivity index is 1.89. The maximum atomic E-state index is 14.0. The van der Waals surface area contributed by atoms with E-state index in [0.717, 1.165) is 0 Å². The van der Waals surface area contributed by atoms with Gasteiger partial charge in [-0.3, -0.25) is 4.90 Å². The molecule has 0 radical (unpaired) electrons. The Morgan fingerprint density at radius 2 is 2.16 bits per heavy atom. The van der Waals surface area contributed by atoms with Gasteiger partial charge in [-0.1, -0.05) is 35.4 Å². The molecule has 19 heavy (non-hydrogen) atoms. The largest absolute Gasteiger partial charge is 0.297 e. The van der Waals surface area contributed by atoms with Crippen LogP contribution in [-0.4, -0.2) is 36.7 Å². The topological polar surface area (TPSA) is 52.0 Å². The molecule has 1 unspecified atom stereocenters. The number of likely N-dealkylation sites (tertiary alicyclic amines) is 1. The normalized spacial score (nSPS) is 25.6. The molecule has 1 aromatic carbocycles. The molecule has 4 nitrogen and oxygen atoms in total. The predicted octanol–water partition coefficient (Wildman–Crippen LogP) is 3.42. The van der Waals surface area contributed by atoms with Crippen molar-refractivity contribution in [2.75, 3.05) is 19.6 Å². The Bertz CT molecular complexity index is 447. The van der Waals surface area contributed by atoms with E-state index in [-0.39, 0.29) is 13.1 Å². The first-order chi connectivity index (χ1) is 9.20. The van der Waals surface area contributed by atoms with Gasteiger partial charge in [0.1, 0.15) is 12.3 Å². The molecule has 1 aliphatic rings. The van der Waals surface area contributed by atoms with Crippen molar-refractivity contribution in [1.82, 2.24) is 4.90 Å². The summed E-state index contributed by atoms with van der Waals surface area (Å²) in [4.78, 5) is 4.38. The minimum atomic E-state index is -1.22. The highest BCUT2D eigenvalue weighted by molar-refractivity contribution is 5.17. The van der Waals surface area contributed by atoms with E-state index < -0.39 is 18.4 Å². The number of benzene rings is 1. The molecule has 0 aromatic heterocycles. The molecule has 0 saturated carbocycles. The second-order valence-corrected chi connectivity index (χ2v) is 4.71. The number of rotatable bonds is 4.